The number of nitriles is 1. The number of rotatable bonds is 6. The molecular weight excluding hydrogens is 362 g/mol. The molecule has 6 heteroatoms. The first-order valence-corrected chi connectivity index (χ1v) is 10.3. The lowest BCUT2D eigenvalue weighted by Gasteiger charge is -2.41. The zero-order valence-electron chi connectivity index (χ0n) is 17.7. The number of hydrogen-bond acceptors (Lipinski definition) is 6. The number of aliphatic hydroxyl groups is 1. The van der Waals surface area contributed by atoms with Gasteiger partial charge >= 0.3 is 0 Å². The van der Waals surface area contributed by atoms with Gasteiger partial charge in [-0.2, -0.15) is 10.2 Å². The van der Waals surface area contributed by atoms with Crippen molar-refractivity contribution >= 4 is 11.8 Å². The maximum absolute atomic E-state index is 10.8. The van der Waals surface area contributed by atoms with E-state index < -0.39 is 5.60 Å². The van der Waals surface area contributed by atoms with Crippen molar-refractivity contribution < 1.29 is 5.11 Å². The molecule has 1 heterocycles. The van der Waals surface area contributed by atoms with Gasteiger partial charge in [-0.25, -0.2) is 4.98 Å². The molecule has 0 saturated heterocycles. The third-order valence-electron chi connectivity index (χ3n) is 6.29. The maximum Gasteiger partial charge on any atom is 0.224 e. The van der Waals surface area contributed by atoms with Crippen molar-refractivity contribution in [3.8, 4) is 6.07 Å². The number of aromatic nitrogens is 2. The van der Waals surface area contributed by atoms with E-state index in [-0.39, 0.29) is 18.0 Å². The normalized spacial score (nSPS) is 22.9. The topological polar surface area (TPSA) is 93.9 Å². The summed E-state index contributed by atoms with van der Waals surface area (Å²) in [7, 11) is 0. The van der Waals surface area contributed by atoms with Crippen LogP contribution in [0.25, 0.3) is 0 Å². The molecule has 1 aromatic heterocycles. The molecule has 0 spiro atoms. The van der Waals surface area contributed by atoms with Gasteiger partial charge in [-0.3, -0.25) is 0 Å². The molecule has 0 amide bonds. The van der Waals surface area contributed by atoms with E-state index in [1.165, 1.54) is 6.20 Å². The minimum atomic E-state index is -1.06. The van der Waals surface area contributed by atoms with E-state index in [0.29, 0.717) is 23.2 Å². The van der Waals surface area contributed by atoms with Crippen LogP contribution in [0.3, 0.4) is 0 Å². The average molecular weight is 394 g/mol. The van der Waals surface area contributed by atoms with E-state index in [4.69, 9.17) is 0 Å². The molecule has 1 fully saturated rings. The van der Waals surface area contributed by atoms with Crippen LogP contribution >= 0.6 is 0 Å². The Balaban J connectivity index is 1.71. The summed E-state index contributed by atoms with van der Waals surface area (Å²) in [6.07, 6.45) is 4.79. The summed E-state index contributed by atoms with van der Waals surface area (Å²) in [5.74, 6) is 1.63. The molecule has 29 heavy (non-hydrogen) atoms. The van der Waals surface area contributed by atoms with Crippen LogP contribution in [0.2, 0.25) is 0 Å². The Bertz CT molecular complexity index is 873. The van der Waals surface area contributed by atoms with E-state index in [1.54, 1.807) is 6.92 Å². The van der Waals surface area contributed by atoms with Crippen molar-refractivity contribution in [2.75, 3.05) is 17.2 Å². The maximum atomic E-state index is 10.8. The Morgan fingerprint density at radius 2 is 2.00 bits per heavy atom. The predicted octanol–water partition coefficient (Wildman–Crippen LogP) is 4.29. The highest BCUT2D eigenvalue weighted by molar-refractivity contribution is 5.54. The van der Waals surface area contributed by atoms with Gasteiger partial charge in [-0.05, 0) is 43.1 Å². The van der Waals surface area contributed by atoms with E-state index in [1.807, 2.05) is 30.3 Å². The van der Waals surface area contributed by atoms with E-state index in [2.05, 4.69) is 47.4 Å². The zero-order valence-corrected chi connectivity index (χ0v) is 17.7. The van der Waals surface area contributed by atoms with Crippen molar-refractivity contribution in [3.05, 3.63) is 47.7 Å². The van der Waals surface area contributed by atoms with E-state index >= 15 is 0 Å². The number of benzene rings is 1. The lowest BCUT2D eigenvalue weighted by molar-refractivity contribution is 0.0713. The smallest absolute Gasteiger partial charge is 0.224 e. The Labute approximate surface area is 173 Å². The van der Waals surface area contributed by atoms with Crippen LogP contribution in [0.5, 0.6) is 0 Å². The van der Waals surface area contributed by atoms with E-state index in [0.717, 1.165) is 24.8 Å². The average Bonchev–Trinajstić information content (AvgIpc) is 2.70. The summed E-state index contributed by atoms with van der Waals surface area (Å²) in [5, 5.41) is 26.8. The van der Waals surface area contributed by atoms with Crippen LogP contribution in [0.15, 0.2) is 36.5 Å². The number of hydrogen-bond donors (Lipinski definition) is 3. The van der Waals surface area contributed by atoms with Gasteiger partial charge in [-0.15, -0.1) is 0 Å². The summed E-state index contributed by atoms with van der Waals surface area (Å²) in [4.78, 5) is 8.78. The molecule has 0 bridgehead atoms. The second kappa shape index (κ2) is 8.38. The fraction of sp³-hybridized carbons (Fsp3) is 0.522. The zero-order chi connectivity index (χ0) is 21.1. The number of nitrogens with one attached hydrogen (secondary N) is 2. The van der Waals surface area contributed by atoms with Crippen molar-refractivity contribution in [2.24, 2.45) is 11.3 Å². The summed E-state index contributed by atoms with van der Waals surface area (Å²) in [6, 6.07) is 12.0. The third kappa shape index (κ3) is 5.04. The fourth-order valence-electron chi connectivity index (χ4n) is 3.91. The van der Waals surface area contributed by atoms with Crippen molar-refractivity contribution in [3.63, 3.8) is 0 Å². The molecule has 3 N–H and O–H groups in total. The molecule has 1 aliphatic rings. The minimum Gasteiger partial charge on any atom is -0.384 e. The molecule has 2 aromatic rings. The SMILES string of the molecule is C[C@H]1CC[C@@H](Nc2nc(NCC(C)(O)c3ccccc3)ncc2C#N)CC1(C)C. The lowest BCUT2D eigenvalue weighted by Crippen LogP contribution is -2.37. The van der Waals surface area contributed by atoms with Crippen LogP contribution < -0.4 is 10.6 Å². The lowest BCUT2D eigenvalue weighted by atomic mass is 9.68. The van der Waals surface area contributed by atoms with Crippen molar-refractivity contribution in [1.29, 1.82) is 5.26 Å². The Hall–Kier alpha value is -2.65. The molecule has 6 nitrogen and oxygen atoms in total. The summed E-state index contributed by atoms with van der Waals surface area (Å²) >= 11 is 0. The number of anilines is 2. The fourth-order valence-corrected chi connectivity index (χ4v) is 3.91. The molecule has 3 atom stereocenters. The molecule has 3 rings (SSSR count). The molecule has 154 valence electrons. The minimum absolute atomic E-state index is 0.255. The van der Waals surface area contributed by atoms with Gasteiger partial charge in [0.1, 0.15) is 23.1 Å². The van der Waals surface area contributed by atoms with Gasteiger partial charge in [0.05, 0.1) is 12.7 Å². The monoisotopic (exact) mass is 393 g/mol. The van der Waals surface area contributed by atoms with E-state index in [9.17, 15) is 10.4 Å². The highest BCUT2D eigenvalue weighted by Gasteiger charge is 2.34. The second-order valence-corrected chi connectivity index (χ2v) is 9.07. The van der Waals surface area contributed by atoms with Crippen LogP contribution in [-0.2, 0) is 5.60 Å². The van der Waals surface area contributed by atoms with Gasteiger partial charge in [0.2, 0.25) is 5.95 Å². The predicted molar refractivity (Wildman–Crippen MR) is 115 cm³/mol. The van der Waals surface area contributed by atoms with Gasteiger partial charge < -0.3 is 15.7 Å². The Kier molecular flexibility index (Phi) is 6.09. The van der Waals surface area contributed by atoms with Crippen molar-refractivity contribution in [1.82, 2.24) is 9.97 Å². The molecule has 1 aliphatic carbocycles. The molecule has 1 saturated carbocycles. The molecule has 0 aliphatic heterocycles. The molecule has 1 aromatic carbocycles. The molecule has 0 radical (unpaired) electrons. The van der Waals surface area contributed by atoms with Gasteiger partial charge in [0.25, 0.3) is 0 Å². The van der Waals surface area contributed by atoms with Gasteiger partial charge in [0, 0.05) is 6.04 Å². The van der Waals surface area contributed by atoms with Crippen molar-refractivity contribution in [2.45, 2.75) is 58.6 Å². The van der Waals surface area contributed by atoms with Crippen LogP contribution in [0, 0.1) is 22.7 Å². The first-order valence-electron chi connectivity index (χ1n) is 10.3. The quantitative estimate of drug-likeness (QED) is 0.678. The van der Waals surface area contributed by atoms with Gasteiger partial charge in [0.15, 0.2) is 0 Å². The standard InChI is InChI=1S/C23H31N5O/c1-16-10-11-19(12-22(16,2)3)27-20-17(13-24)14-25-21(28-20)26-15-23(4,29)18-8-6-5-7-9-18/h5-9,14,16,19,29H,10-12,15H2,1-4H3,(H2,25,26,27,28)/t16-,19+,23?/m0/s1. The first-order chi connectivity index (χ1) is 13.7. The third-order valence-corrected chi connectivity index (χ3v) is 6.29. The second-order valence-electron chi connectivity index (χ2n) is 9.07. The first kappa shape index (κ1) is 21.1. The van der Waals surface area contributed by atoms with Crippen LogP contribution in [0.1, 0.15) is 58.1 Å². The summed E-state index contributed by atoms with van der Waals surface area (Å²) in [5.41, 5.74) is 0.445. The van der Waals surface area contributed by atoms with Crippen LogP contribution in [-0.4, -0.2) is 27.7 Å². The highest BCUT2D eigenvalue weighted by atomic mass is 16.3. The summed E-state index contributed by atoms with van der Waals surface area (Å²) < 4.78 is 0. The van der Waals surface area contributed by atoms with Gasteiger partial charge in [-0.1, -0.05) is 51.1 Å². The number of nitrogens with zero attached hydrogens (tertiary/aromatic N) is 3. The molecular formula is C23H31N5O. The highest BCUT2D eigenvalue weighted by Crippen LogP contribution is 2.41. The Morgan fingerprint density at radius 1 is 1.28 bits per heavy atom. The largest absolute Gasteiger partial charge is 0.384 e. The Morgan fingerprint density at radius 3 is 2.66 bits per heavy atom. The molecule has 1 unspecified atom stereocenters. The van der Waals surface area contributed by atoms with Crippen LogP contribution in [0.4, 0.5) is 11.8 Å². The summed E-state index contributed by atoms with van der Waals surface area (Å²) in [6.45, 7) is 8.92.